The maximum absolute atomic E-state index is 13.1. The molecule has 32 heavy (non-hydrogen) atoms. The molecule has 3 rings (SSSR count). The van der Waals surface area contributed by atoms with Crippen LogP contribution >= 0.6 is 11.3 Å². The lowest BCUT2D eigenvalue weighted by Gasteiger charge is -2.14. The summed E-state index contributed by atoms with van der Waals surface area (Å²) in [6, 6.07) is 11.5. The fourth-order valence-electron chi connectivity index (χ4n) is 2.56. The van der Waals surface area contributed by atoms with Gasteiger partial charge in [0, 0.05) is 23.5 Å². The van der Waals surface area contributed by atoms with E-state index in [-0.39, 0.29) is 5.91 Å². The summed E-state index contributed by atoms with van der Waals surface area (Å²) < 4.78 is 44.4. The van der Waals surface area contributed by atoms with Crippen LogP contribution in [0.4, 0.5) is 30.2 Å². The van der Waals surface area contributed by atoms with Crippen molar-refractivity contribution >= 4 is 40.2 Å². The van der Waals surface area contributed by atoms with Gasteiger partial charge in [0.2, 0.25) is 0 Å². The number of ether oxygens (including phenoxy) is 1. The minimum Gasteiger partial charge on any atom is -0.483 e. The summed E-state index contributed by atoms with van der Waals surface area (Å²) >= 11 is 1.28. The standard InChI is InChI=1S/C20H14F3N3O5S/c21-20(22,23)15-10-14(26(29)30)7-8-16(15)31-11-18(27)24-12-3-5-13(6-4-12)25-19(28)17-2-1-9-32-17/h1-10H,11H2,(H,24,27)(H,25,28). The van der Waals surface area contributed by atoms with Crippen LogP contribution in [-0.4, -0.2) is 23.3 Å². The molecule has 0 saturated heterocycles. The van der Waals surface area contributed by atoms with Crippen molar-refractivity contribution in [2.24, 2.45) is 0 Å². The highest BCUT2D eigenvalue weighted by atomic mass is 32.1. The Bertz CT molecular complexity index is 1130. The predicted molar refractivity (Wildman–Crippen MR) is 111 cm³/mol. The highest BCUT2D eigenvalue weighted by molar-refractivity contribution is 7.12. The average Bonchev–Trinajstić information content (AvgIpc) is 3.28. The Morgan fingerprint density at radius 2 is 1.69 bits per heavy atom. The highest BCUT2D eigenvalue weighted by Gasteiger charge is 2.36. The summed E-state index contributed by atoms with van der Waals surface area (Å²) in [5.74, 6) is -1.73. The molecule has 2 amide bonds. The third-order valence-corrected chi connectivity index (χ3v) is 4.88. The second kappa shape index (κ2) is 9.47. The van der Waals surface area contributed by atoms with Gasteiger partial charge in [0.25, 0.3) is 17.5 Å². The van der Waals surface area contributed by atoms with E-state index < -0.39 is 40.6 Å². The van der Waals surface area contributed by atoms with Crippen molar-refractivity contribution in [3.05, 3.63) is 80.5 Å². The SMILES string of the molecule is O=C(COc1ccc([N+](=O)[O-])cc1C(F)(F)F)Nc1ccc(NC(=O)c2cccs2)cc1. The van der Waals surface area contributed by atoms with E-state index in [1.54, 1.807) is 29.6 Å². The van der Waals surface area contributed by atoms with Crippen LogP contribution in [0.15, 0.2) is 60.0 Å². The van der Waals surface area contributed by atoms with Crippen LogP contribution in [0, 0.1) is 10.1 Å². The lowest BCUT2D eigenvalue weighted by molar-refractivity contribution is -0.385. The molecule has 2 N–H and O–H groups in total. The molecule has 8 nitrogen and oxygen atoms in total. The Labute approximate surface area is 182 Å². The van der Waals surface area contributed by atoms with Crippen LogP contribution in [0.5, 0.6) is 5.75 Å². The van der Waals surface area contributed by atoms with Crippen LogP contribution in [0.2, 0.25) is 0 Å². The zero-order chi connectivity index (χ0) is 23.3. The van der Waals surface area contributed by atoms with E-state index in [4.69, 9.17) is 4.74 Å². The van der Waals surface area contributed by atoms with Crippen LogP contribution in [-0.2, 0) is 11.0 Å². The van der Waals surface area contributed by atoms with Gasteiger partial charge in [0.15, 0.2) is 6.61 Å². The number of thiophene rings is 1. The molecule has 0 spiro atoms. The summed E-state index contributed by atoms with van der Waals surface area (Å²) in [5.41, 5.74) is -1.29. The van der Waals surface area contributed by atoms with Crippen molar-refractivity contribution in [3.8, 4) is 5.75 Å². The van der Waals surface area contributed by atoms with Crippen LogP contribution in [0.1, 0.15) is 15.2 Å². The lowest BCUT2D eigenvalue weighted by Crippen LogP contribution is -2.21. The van der Waals surface area contributed by atoms with Crippen molar-refractivity contribution in [2.75, 3.05) is 17.2 Å². The first-order chi connectivity index (χ1) is 15.1. The molecule has 2 aromatic carbocycles. The molecular weight excluding hydrogens is 451 g/mol. The summed E-state index contributed by atoms with van der Waals surface area (Å²) in [5, 5.41) is 17.6. The van der Waals surface area contributed by atoms with E-state index in [1.807, 2.05) is 0 Å². The number of rotatable bonds is 7. The van der Waals surface area contributed by atoms with E-state index in [0.29, 0.717) is 22.3 Å². The number of carbonyl (C=O) groups is 2. The Balaban J connectivity index is 1.59. The van der Waals surface area contributed by atoms with E-state index >= 15 is 0 Å². The van der Waals surface area contributed by atoms with Gasteiger partial charge >= 0.3 is 6.18 Å². The van der Waals surface area contributed by atoms with Gasteiger partial charge < -0.3 is 15.4 Å². The first kappa shape index (κ1) is 22.7. The van der Waals surface area contributed by atoms with Gasteiger partial charge in [-0.25, -0.2) is 0 Å². The van der Waals surface area contributed by atoms with Crippen LogP contribution in [0.3, 0.4) is 0 Å². The second-order valence-electron chi connectivity index (χ2n) is 6.28. The average molecular weight is 465 g/mol. The normalized spacial score (nSPS) is 11.0. The van der Waals surface area contributed by atoms with Crippen molar-refractivity contribution in [3.63, 3.8) is 0 Å². The van der Waals surface area contributed by atoms with Crippen LogP contribution in [0.25, 0.3) is 0 Å². The Kier molecular flexibility index (Phi) is 6.73. The summed E-state index contributed by atoms with van der Waals surface area (Å²) in [6.07, 6.45) is -4.90. The summed E-state index contributed by atoms with van der Waals surface area (Å²) in [6.45, 7) is -0.752. The van der Waals surface area contributed by atoms with Gasteiger partial charge in [0.1, 0.15) is 11.3 Å². The Morgan fingerprint density at radius 3 is 2.25 bits per heavy atom. The molecule has 0 fully saturated rings. The van der Waals surface area contributed by atoms with E-state index in [9.17, 15) is 32.9 Å². The van der Waals surface area contributed by atoms with Crippen LogP contribution < -0.4 is 15.4 Å². The minimum atomic E-state index is -4.90. The number of nitrogens with zero attached hydrogens (tertiary/aromatic N) is 1. The molecule has 3 aromatic rings. The lowest BCUT2D eigenvalue weighted by atomic mass is 10.1. The van der Waals surface area contributed by atoms with Gasteiger partial charge in [-0.2, -0.15) is 13.2 Å². The zero-order valence-electron chi connectivity index (χ0n) is 16.0. The monoisotopic (exact) mass is 465 g/mol. The van der Waals surface area contributed by atoms with Crippen molar-refractivity contribution in [2.45, 2.75) is 6.18 Å². The van der Waals surface area contributed by atoms with Gasteiger partial charge in [-0.3, -0.25) is 19.7 Å². The number of nitrogens with one attached hydrogen (secondary N) is 2. The van der Waals surface area contributed by atoms with E-state index in [0.717, 1.165) is 12.1 Å². The van der Waals surface area contributed by atoms with Gasteiger partial charge in [-0.15, -0.1) is 11.3 Å². The number of hydrogen-bond acceptors (Lipinski definition) is 6. The van der Waals surface area contributed by atoms with E-state index in [2.05, 4.69) is 10.6 Å². The molecule has 166 valence electrons. The van der Waals surface area contributed by atoms with Crippen molar-refractivity contribution in [1.29, 1.82) is 0 Å². The van der Waals surface area contributed by atoms with Gasteiger partial charge in [-0.05, 0) is 41.8 Å². The molecule has 0 bridgehead atoms. The number of nitro groups is 1. The first-order valence-electron chi connectivity index (χ1n) is 8.86. The van der Waals surface area contributed by atoms with Crippen molar-refractivity contribution in [1.82, 2.24) is 0 Å². The third-order valence-electron chi connectivity index (χ3n) is 4.01. The number of carbonyl (C=O) groups excluding carboxylic acids is 2. The molecule has 0 radical (unpaired) electrons. The highest BCUT2D eigenvalue weighted by Crippen LogP contribution is 2.38. The van der Waals surface area contributed by atoms with Gasteiger partial charge in [-0.1, -0.05) is 6.07 Å². The third kappa shape index (κ3) is 5.82. The molecule has 0 aliphatic carbocycles. The fourth-order valence-corrected chi connectivity index (χ4v) is 3.18. The number of anilines is 2. The fraction of sp³-hybridized carbons (Fsp3) is 0.100. The number of non-ortho nitro benzene ring substituents is 1. The molecule has 0 aliphatic rings. The maximum atomic E-state index is 13.1. The smallest absolute Gasteiger partial charge is 0.420 e. The molecule has 1 heterocycles. The largest absolute Gasteiger partial charge is 0.483 e. The maximum Gasteiger partial charge on any atom is 0.420 e. The molecule has 1 aromatic heterocycles. The number of nitro benzene ring substituents is 1. The van der Waals surface area contributed by atoms with Crippen molar-refractivity contribution < 1.29 is 32.4 Å². The first-order valence-corrected chi connectivity index (χ1v) is 9.74. The molecule has 0 aliphatic heterocycles. The topological polar surface area (TPSA) is 111 Å². The van der Waals surface area contributed by atoms with E-state index in [1.165, 1.54) is 23.5 Å². The Morgan fingerprint density at radius 1 is 1.03 bits per heavy atom. The number of hydrogen-bond donors (Lipinski definition) is 2. The molecule has 12 heteroatoms. The molecule has 0 saturated carbocycles. The predicted octanol–water partition coefficient (Wildman–Crippen LogP) is 4.94. The van der Waals surface area contributed by atoms with Gasteiger partial charge in [0.05, 0.1) is 9.80 Å². The zero-order valence-corrected chi connectivity index (χ0v) is 16.8. The number of alkyl halides is 3. The quantitative estimate of drug-likeness (QED) is 0.379. The number of halogens is 3. The number of benzene rings is 2. The second-order valence-corrected chi connectivity index (χ2v) is 7.23. The minimum absolute atomic E-state index is 0.284. The molecule has 0 atom stereocenters. The number of amides is 2. The molecular formula is C20H14F3N3O5S. The summed E-state index contributed by atoms with van der Waals surface area (Å²) in [4.78, 5) is 34.3. The summed E-state index contributed by atoms with van der Waals surface area (Å²) in [7, 11) is 0. The Hall–Kier alpha value is -3.93. The molecule has 0 unspecified atom stereocenters.